The highest BCUT2D eigenvalue weighted by Crippen LogP contribution is 2.54. The zero-order valence-electron chi connectivity index (χ0n) is 25.5. The summed E-state index contributed by atoms with van der Waals surface area (Å²) in [7, 11) is 0. The first kappa shape index (κ1) is 27.2. The van der Waals surface area contributed by atoms with Crippen LogP contribution in [0.5, 0.6) is 0 Å². The summed E-state index contributed by atoms with van der Waals surface area (Å²) in [6, 6.07) is 46.8. The van der Waals surface area contributed by atoms with Crippen molar-refractivity contribution < 1.29 is 0 Å². The Morgan fingerprint density at radius 1 is 0.533 bits per heavy atom. The van der Waals surface area contributed by atoms with Gasteiger partial charge in [0.15, 0.2) is 17.5 Å². The molecule has 5 aromatic carbocycles. The zero-order valence-corrected chi connectivity index (χ0v) is 25.5. The Morgan fingerprint density at radius 3 is 1.82 bits per heavy atom. The van der Waals surface area contributed by atoms with Gasteiger partial charge in [-0.05, 0) is 45.9 Å². The van der Waals surface area contributed by atoms with Crippen LogP contribution in [0.4, 0.5) is 0 Å². The highest BCUT2D eigenvalue weighted by Gasteiger charge is 2.42. The van der Waals surface area contributed by atoms with Gasteiger partial charge in [0.2, 0.25) is 0 Å². The SMILES string of the molecule is CC1(C)C2=CC(c3nc(-c4ccccc4)nc(-c4ccccc4-c4ccccc4)n3)=CCC2c2ccc(-c3ccccc3)cc21. The lowest BCUT2D eigenvalue weighted by atomic mass is 9.77. The van der Waals surface area contributed by atoms with Crippen molar-refractivity contribution in [2.75, 3.05) is 0 Å². The topological polar surface area (TPSA) is 38.7 Å². The van der Waals surface area contributed by atoms with Crippen LogP contribution >= 0.6 is 0 Å². The maximum Gasteiger partial charge on any atom is 0.164 e. The quantitative estimate of drug-likeness (QED) is 0.204. The Labute approximate surface area is 264 Å². The van der Waals surface area contributed by atoms with Crippen molar-refractivity contribution in [2.24, 2.45) is 0 Å². The monoisotopic (exact) mass is 579 g/mol. The molecule has 2 aliphatic rings. The summed E-state index contributed by atoms with van der Waals surface area (Å²) in [6.45, 7) is 4.72. The third kappa shape index (κ3) is 4.81. The zero-order chi connectivity index (χ0) is 30.4. The van der Waals surface area contributed by atoms with E-state index in [1.165, 1.54) is 27.8 Å². The number of benzene rings is 5. The highest BCUT2D eigenvalue weighted by molar-refractivity contribution is 5.83. The van der Waals surface area contributed by atoms with E-state index >= 15 is 0 Å². The second-order valence-corrected chi connectivity index (χ2v) is 12.4. The fourth-order valence-corrected chi connectivity index (χ4v) is 7.02. The first-order chi connectivity index (χ1) is 22.1. The summed E-state index contributed by atoms with van der Waals surface area (Å²) in [5.74, 6) is 2.43. The van der Waals surface area contributed by atoms with Gasteiger partial charge in [-0.15, -0.1) is 0 Å². The van der Waals surface area contributed by atoms with Crippen LogP contribution in [0.3, 0.4) is 0 Å². The largest absolute Gasteiger partial charge is 0.208 e. The van der Waals surface area contributed by atoms with Gasteiger partial charge in [0.25, 0.3) is 0 Å². The number of hydrogen-bond donors (Lipinski definition) is 0. The van der Waals surface area contributed by atoms with Crippen LogP contribution in [-0.4, -0.2) is 15.0 Å². The molecular formula is C42H33N3. The molecule has 1 aromatic heterocycles. The van der Waals surface area contributed by atoms with E-state index in [0.717, 1.165) is 34.2 Å². The van der Waals surface area contributed by atoms with Gasteiger partial charge in [-0.3, -0.25) is 0 Å². The fraction of sp³-hybridized carbons (Fsp3) is 0.119. The van der Waals surface area contributed by atoms with Gasteiger partial charge in [-0.25, -0.2) is 15.0 Å². The van der Waals surface area contributed by atoms with Crippen molar-refractivity contribution in [3.8, 4) is 45.0 Å². The summed E-state index contributed by atoms with van der Waals surface area (Å²) in [5, 5.41) is 0. The summed E-state index contributed by atoms with van der Waals surface area (Å²) in [4.78, 5) is 15.3. The number of rotatable bonds is 5. The minimum Gasteiger partial charge on any atom is -0.208 e. The molecule has 6 aromatic rings. The van der Waals surface area contributed by atoms with Crippen LogP contribution in [0.2, 0.25) is 0 Å². The number of fused-ring (bicyclic) bond motifs is 3. The smallest absolute Gasteiger partial charge is 0.164 e. The van der Waals surface area contributed by atoms with Gasteiger partial charge in [0.1, 0.15) is 0 Å². The second kappa shape index (κ2) is 10.9. The third-order valence-electron chi connectivity index (χ3n) is 9.37. The Bertz CT molecular complexity index is 2090. The summed E-state index contributed by atoms with van der Waals surface area (Å²) >= 11 is 0. The maximum atomic E-state index is 5.17. The number of nitrogens with zero attached hydrogens (tertiary/aromatic N) is 3. The number of allylic oxidation sites excluding steroid dienone is 4. The number of hydrogen-bond acceptors (Lipinski definition) is 3. The molecule has 0 amide bonds. The van der Waals surface area contributed by atoms with Crippen molar-refractivity contribution >= 4 is 5.57 Å². The average Bonchev–Trinajstić information content (AvgIpc) is 3.34. The van der Waals surface area contributed by atoms with Crippen molar-refractivity contribution in [1.29, 1.82) is 0 Å². The minimum atomic E-state index is -0.109. The highest BCUT2D eigenvalue weighted by atomic mass is 15.0. The first-order valence-corrected chi connectivity index (χ1v) is 15.6. The molecule has 216 valence electrons. The average molecular weight is 580 g/mol. The standard InChI is InChI=1S/C42H33N3/c1-42(2)37-26-31(28-14-6-3-7-15-28)22-24-34(37)35-25-23-32(27-38(35)42)40-43-39(30-18-10-5-11-19-30)44-41(45-40)36-21-13-12-20-33(36)29-16-8-4-9-17-29/h3-24,26-27,35H,25H2,1-2H3. The molecule has 3 heteroatoms. The predicted molar refractivity (Wildman–Crippen MR) is 184 cm³/mol. The van der Waals surface area contributed by atoms with Crippen LogP contribution in [-0.2, 0) is 5.41 Å². The second-order valence-electron chi connectivity index (χ2n) is 12.4. The molecule has 0 N–H and O–H groups in total. The maximum absolute atomic E-state index is 5.17. The minimum absolute atomic E-state index is 0.109. The molecule has 0 bridgehead atoms. The molecule has 45 heavy (non-hydrogen) atoms. The van der Waals surface area contributed by atoms with Gasteiger partial charge in [0.05, 0.1) is 0 Å². The normalized spacial score (nSPS) is 16.4. The molecule has 0 fully saturated rings. The van der Waals surface area contributed by atoms with Gasteiger partial charge in [-0.1, -0.05) is 159 Å². The molecule has 0 saturated carbocycles. The number of aromatic nitrogens is 3. The summed E-state index contributed by atoms with van der Waals surface area (Å²) in [6.07, 6.45) is 5.60. The molecule has 1 heterocycles. The van der Waals surface area contributed by atoms with E-state index in [4.69, 9.17) is 15.0 Å². The molecule has 1 unspecified atom stereocenters. The van der Waals surface area contributed by atoms with Crippen molar-refractivity contribution in [2.45, 2.75) is 31.6 Å². The van der Waals surface area contributed by atoms with Crippen LogP contribution in [0, 0.1) is 0 Å². The van der Waals surface area contributed by atoms with E-state index in [-0.39, 0.29) is 5.41 Å². The molecule has 3 nitrogen and oxygen atoms in total. The third-order valence-corrected chi connectivity index (χ3v) is 9.37. The van der Waals surface area contributed by atoms with Crippen LogP contribution in [0.25, 0.3) is 50.6 Å². The molecule has 1 atom stereocenters. The predicted octanol–water partition coefficient (Wildman–Crippen LogP) is 10.3. The molecule has 0 radical (unpaired) electrons. The van der Waals surface area contributed by atoms with E-state index < -0.39 is 0 Å². The Morgan fingerprint density at radius 2 is 1.11 bits per heavy atom. The lowest BCUT2D eigenvalue weighted by molar-refractivity contribution is 0.613. The van der Waals surface area contributed by atoms with E-state index in [2.05, 4.69) is 135 Å². The molecule has 0 aliphatic heterocycles. The van der Waals surface area contributed by atoms with Gasteiger partial charge < -0.3 is 0 Å². The summed E-state index contributed by atoms with van der Waals surface area (Å²) < 4.78 is 0. The molecule has 0 saturated heterocycles. The molecule has 0 spiro atoms. The van der Waals surface area contributed by atoms with E-state index in [1.807, 2.05) is 24.3 Å². The van der Waals surface area contributed by atoms with Crippen molar-refractivity contribution in [3.63, 3.8) is 0 Å². The summed E-state index contributed by atoms with van der Waals surface area (Å²) in [5.41, 5.74) is 11.9. The van der Waals surface area contributed by atoms with Gasteiger partial charge in [0, 0.05) is 28.0 Å². The van der Waals surface area contributed by atoms with Crippen molar-refractivity contribution in [1.82, 2.24) is 15.0 Å². The molecule has 8 rings (SSSR count). The van der Waals surface area contributed by atoms with E-state index in [1.54, 1.807) is 0 Å². The van der Waals surface area contributed by atoms with Gasteiger partial charge in [-0.2, -0.15) is 0 Å². The molecular weight excluding hydrogens is 546 g/mol. The first-order valence-electron chi connectivity index (χ1n) is 15.6. The van der Waals surface area contributed by atoms with Crippen molar-refractivity contribution in [3.05, 3.63) is 168 Å². The van der Waals surface area contributed by atoms with Gasteiger partial charge >= 0.3 is 0 Å². The van der Waals surface area contributed by atoms with E-state index in [9.17, 15) is 0 Å². The fourth-order valence-electron chi connectivity index (χ4n) is 7.02. The van der Waals surface area contributed by atoms with Crippen LogP contribution < -0.4 is 0 Å². The Kier molecular flexibility index (Phi) is 6.60. The van der Waals surface area contributed by atoms with E-state index in [0.29, 0.717) is 23.4 Å². The lowest BCUT2D eigenvalue weighted by Gasteiger charge is -2.27. The Balaban J connectivity index is 1.24. The lowest BCUT2D eigenvalue weighted by Crippen LogP contribution is -2.18. The van der Waals surface area contributed by atoms with Crippen LogP contribution in [0.15, 0.2) is 151 Å². The van der Waals surface area contributed by atoms with Crippen LogP contribution in [0.1, 0.15) is 43.1 Å². The Hall–Kier alpha value is -5.41. The molecule has 2 aliphatic carbocycles.